The van der Waals surface area contributed by atoms with E-state index in [1.165, 1.54) is 22.5 Å². The van der Waals surface area contributed by atoms with E-state index in [9.17, 15) is 13.2 Å². The van der Waals surface area contributed by atoms with Gasteiger partial charge in [-0.15, -0.1) is 11.3 Å². The highest BCUT2D eigenvalue weighted by Crippen LogP contribution is 2.34. The Morgan fingerprint density at radius 3 is 2.76 bits per heavy atom. The maximum Gasteiger partial charge on any atom is 0.245 e. The van der Waals surface area contributed by atoms with Crippen molar-refractivity contribution in [1.82, 2.24) is 10.0 Å². The summed E-state index contributed by atoms with van der Waals surface area (Å²) in [6.45, 7) is 0.515. The number of benzene rings is 1. The van der Waals surface area contributed by atoms with Gasteiger partial charge in [0.1, 0.15) is 6.04 Å². The number of aryl methyl sites for hydroxylation is 2. The van der Waals surface area contributed by atoms with Crippen LogP contribution in [-0.2, 0) is 27.7 Å². The normalized spacial score (nSPS) is 21.7. The lowest BCUT2D eigenvalue weighted by atomic mass is 10.1. The molecule has 29 heavy (non-hydrogen) atoms. The first-order valence-electron chi connectivity index (χ1n) is 9.72. The van der Waals surface area contributed by atoms with Crippen molar-refractivity contribution in [3.8, 4) is 0 Å². The molecule has 1 fully saturated rings. The number of carbonyl (C=O) groups excluding carboxylic acids is 1. The predicted octanol–water partition coefficient (Wildman–Crippen LogP) is 2.88. The summed E-state index contributed by atoms with van der Waals surface area (Å²) in [7, 11) is -1.60. The molecule has 156 valence electrons. The molecule has 4 rings (SSSR count). The smallest absolute Gasteiger partial charge is 0.245 e. The third-order valence-corrected chi connectivity index (χ3v) is 8.31. The van der Waals surface area contributed by atoms with Crippen molar-refractivity contribution in [3.63, 3.8) is 0 Å². The highest BCUT2D eigenvalue weighted by molar-refractivity contribution is 7.89. The number of carbonyl (C=O) groups is 1. The monoisotopic (exact) mass is 453 g/mol. The van der Waals surface area contributed by atoms with Crippen molar-refractivity contribution in [3.05, 3.63) is 50.7 Å². The first-order valence-corrected chi connectivity index (χ1v) is 12.6. The van der Waals surface area contributed by atoms with Crippen LogP contribution in [0.5, 0.6) is 0 Å². The van der Waals surface area contributed by atoms with Gasteiger partial charge in [-0.05, 0) is 68.1 Å². The molecule has 9 heteroatoms. The molecular formula is C20H24ClN3O3S2. The van der Waals surface area contributed by atoms with Gasteiger partial charge in [-0.25, -0.2) is 13.1 Å². The Kier molecular flexibility index (Phi) is 5.99. The van der Waals surface area contributed by atoms with Crippen LogP contribution in [0.25, 0.3) is 0 Å². The molecule has 1 aromatic heterocycles. The zero-order valence-electron chi connectivity index (χ0n) is 16.2. The second-order valence-corrected chi connectivity index (χ2v) is 11.2. The molecule has 1 aromatic carbocycles. The average molecular weight is 454 g/mol. The largest absolute Gasteiger partial charge is 0.313 e. The van der Waals surface area contributed by atoms with E-state index >= 15 is 0 Å². The minimum Gasteiger partial charge on any atom is -0.313 e. The SMILES string of the molecule is CNC1CCc2cc(N3CC[C@H](NS(=O)(=O)CCc4ccc(Cl)s4)C3=O)ccc21. The molecule has 0 saturated carbocycles. The molecule has 0 bridgehead atoms. The van der Waals surface area contributed by atoms with Crippen molar-refractivity contribution in [1.29, 1.82) is 0 Å². The minimum absolute atomic E-state index is 0.0577. The maximum absolute atomic E-state index is 12.9. The molecule has 1 saturated heterocycles. The Morgan fingerprint density at radius 1 is 1.21 bits per heavy atom. The van der Waals surface area contributed by atoms with Crippen LogP contribution in [0.4, 0.5) is 5.69 Å². The molecule has 0 spiro atoms. The number of sulfonamides is 1. The molecule has 0 radical (unpaired) electrons. The summed E-state index contributed by atoms with van der Waals surface area (Å²) in [6, 6.07) is 9.37. The van der Waals surface area contributed by atoms with Crippen LogP contribution < -0.4 is 14.9 Å². The standard InChI is InChI=1S/C20H24ClN3O3S2/c1-22-17-6-2-13-12-14(3-5-16(13)17)24-10-8-18(20(24)25)23-29(26,27)11-9-15-4-7-19(21)28-15/h3-5,7,12,17-18,22-23H,2,6,8-11H2,1H3/t17?,18-/m0/s1. The summed E-state index contributed by atoms with van der Waals surface area (Å²) in [5.41, 5.74) is 3.39. The van der Waals surface area contributed by atoms with E-state index < -0.39 is 16.1 Å². The summed E-state index contributed by atoms with van der Waals surface area (Å²) < 4.78 is 28.2. The van der Waals surface area contributed by atoms with Gasteiger partial charge in [-0.3, -0.25) is 4.79 Å². The van der Waals surface area contributed by atoms with Crippen molar-refractivity contribution in [2.24, 2.45) is 0 Å². The zero-order chi connectivity index (χ0) is 20.6. The number of thiophene rings is 1. The molecule has 2 aromatic rings. The van der Waals surface area contributed by atoms with Crippen molar-refractivity contribution >= 4 is 44.6 Å². The lowest BCUT2D eigenvalue weighted by Crippen LogP contribution is -2.42. The number of amides is 1. The highest BCUT2D eigenvalue weighted by Gasteiger charge is 2.35. The summed E-state index contributed by atoms with van der Waals surface area (Å²) in [4.78, 5) is 15.5. The molecule has 1 aliphatic carbocycles. The summed E-state index contributed by atoms with van der Waals surface area (Å²) >= 11 is 7.27. The van der Waals surface area contributed by atoms with E-state index in [2.05, 4.69) is 22.2 Å². The van der Waals surface area contributed by atoms with Gasteiger partial charge in [0.15, 0.2) is 0 Å². The Bertz CT molecular complexity index is 1020. The van der Waals surface area contributed by atoms with Crippen molar-refractivity contribution in [2.75, 3.05) is 24.2 Å². The van der Waals surface area contributed by atoms with Gasteiger partial charge >= 0.3 is 0 Å². The first-order chi connectivity index (χ1) is 13.9. The highest BCUT2D eigenvalue weighted by atomic mass is 35.5. The lowest BCUT2D eigenvalue weighted by Gasteiger charge is -2.19. The van der Waals surface area contributed by atoms with Crippen LogP contribution in [0.3, 0.4) is 0 Å². The molecule has 6 nitrogen and oxygen atoms in total. The van der Waals surface area contributed by atoms with Crippen LogP contribution in [-0.4, -0.2) is 39.7 Å². The molecule has 2 aliphatic rings. The molecule has 1 amide bonds. The number of nitrogens with one attached hydrogen (secondary N) is 2. The van der Waals surface area contributed by atoms with Gasteiger partial charge < -0.3 is 10.2 Å². The maximum atomic E-state index is 12.9. The predicted molar refractivity (Wildman–Crippen MR) is 117 cm³/mol. The van der Waals surface area contributed by atoms with Gasteiger partial charge in [0.05, 0.1) is 10.1 Å². The van der Waals surface area contributed by atoms with E-state index in [1.54, 1.807) is 11.0 Å². The van der Waals surface area contributed by atoms with Crippen LogP contribution in [0.2, 0.25) is 4.34 Å². The van der Waals surface area contributed by atoms with Crippen molar-refractivity contribution < 1.29 is 13.2 Å². The minimum atomic E-state index is -3.55. The zero-order valence-corrected chi connectivity index (χ0v) is 18.5. The number of fused-ring (bicyclic) bond motifs is 1. The second-order valence-electron chi connectivity index (χ2n) is 7.49. The first kappa shape index (κ1) is 20.8. The number of nitrogens with zero attached hydrogens (tertiary/aromatic N) is 1. The number of rotatable bonds is 7. The molecular weight excluding hydrogens is 430 g/mol. The van der Waals surface area contributed by atoms with Gasteiger partial charge in [0, 0.05) is 23.2 Å². The Labute approximate surface area is 180 Å². The molecule has 1 unspecified atom stereocenters. The fourth-order valence-electron chi connectivity index (χ4n) is 4.11. The number of hydrogen-bond acceptors (Lipinski definition) is 5. The van der Waals surface area contributed by atoms with E-state index in [0.29, 0.717) is 29.8 Å². The second kappa shape index (κ2) is 8.35. The fourth-order valence-corrected chi connectivity index (χ4v) is 6.59. The summed E-state index contributed by atoms with van der Waals surface area (Å²) in [5.74, 6) is -0.242. The van der Waals surface area contributed by atoms with Gasteiger partial charge in [0.25, 0.3) is 0 Å². The van der Waals surface area contributed by atoms with Gasteiger partial charge in [-0.2, -0.15) is 0 Å². The van der Waals surface area contributed by atoms with Gasteiger partial charge in [-0.1, -0.05) is 17.7 Å². The Balaban J connectivity index is 1.40. The Hall–Kier alpha value is -1.45. The summed E-state index contributed by atoms with van der Waals surface area (Å²) in [6.07, 6.45) is 2.90. The van der Waals surface area contributed by atoms with E-state index in [0.717, 1.165) is 23.4 Å². The van der Waals surface area contributed by atoms with E-state index in [-0.39, 0.29) is 11.7 Å². The lowest BCUT2D eigenvalue weighted by molar-refractivity contribution is -0.118. The number of hydrogen-bond donors (Lipinski definition) is 2. The third kappa shape index (κ3) is 4.51. The van der Waals surface area contributed by atoms with Crippen molar-refractivity contribution in [2.45, 2.75) is 37.8 Å². The van der Waals surface area contributed by atoms with Crippen LogP contribution in [0.15, 0.2) is 30.3 Å². The topological polar surface area (TPSA) is 78.5 Å². The molecule has 2 heterocycles. The van der Waals surface area contributed by atoms with Crippen LogP contribution in [0.1, 0.15) is 34.9 Å². The number of anilines is 1. The van der Waals surface area contributed by atoms with Gasteiger partial charge in [0.2, 0.25) is 15.9 Å². The van der Waals surface area contributed by atoms with E-state index in [1.807, 2.05) is 19.2 Å². The quantitative estimate of drug-likeness (QED) is 0.675. The average Bonchev–Trinajstić information content (AvgIpc) is 3.39. The number of halogens is 1. The van der Waals surface area contributed by atoms with Crippen LogP contribution >= 0.6 is 22.9 Å². The molecule has 2 atom stereocenters. The summed E-state index contributed by atoms with van der Waals surface area (Å²) in [5, 5.41) is 3.31. The molecule has 1 aliphatic heterocycles. The fraction of sp³-hybridized carbons (Fsp3) is 0.450. The van der Waals surface area contributed by atoms with E-state index in [4.69, 9.17) is 11.6 Å². The Morgan fingerprint density at radius 2 is 2.03 bits per heavy atom. The third-order valence-electron chi connectivity index (χ3n) is 5.64. The van der Waals surface area contributed by atoms with Crippen LogP contribution in [0, 0.1) is 0 Å². The molecule has 2 N–H and O–H groups in total.